The zero-order valence-corrected chi connectivity index (χ0v) is 43.3. The number of nitrogens with one attached hydrogen (secondary N) is 4. The average Bonchev–Trinajstić information content (AvgIpc) is 4.10. The molecular formula is C52H59F9N10O8. The highest BCUT2D eigenvalue weighted by Gasteiger charge is 2.57. The third kappa shape index (κ3) is 14.0. The lowest BCUT2D eigenvalue weighted by molar-refractivity contribution is -0.221. The number of alkyl halides is 8. The lowest BCUT2D eigenvalue weighted by atomic mass is 9.82. The third-order valence-electron chi connectivity index (χ3n) is 14.6. The summed E-state index contributed by atoms with van der Waals surface area (Å²) >= 11 is 0. The molecule has 3 fully saturated rings. The number of rotatable bonds is 19. The molecular weight excluding hydrogens is 1060 g/mol. The fourth-order valence-electron chi connectivity index (χ4n) is 9.59. The van der Waals surface area contributed by atoms with Crippen molar-refractivity contribution in [1.29, 1.82) is 0 Å². The van der Waals surface area contributed by atoms with Gasteiger partial charge in [-0.1, -0.05) is 36.1 Å². The number of hydrogen-bond donors (Lipinski definition) is 6. The van der Waals surface area contributed by atoms with E-state index in [-0.39, 0.29) is 16.7 Å². The van der Waals surface area contributed by atoms with E-state index >= 15 is 4.39 Å². The highest BCUT2D eigenvalue weighted by atomic mass is 19.4. The summed E-state index contributed by atoms with van der Waals surface area (Å²) in [6.45, 7) is 0.662. The van der Waals surface area contributed by atoms with Crippen LogP contribution in [0.25, 0.3) is 11.1 Å². The molecule has 6 atom stereocenters. The summed E-state index contributed by atoms with van der Waals surface area (Å²) in [6, 6.07) is 7.78. The normalized spacial score (nSPS) is 18.7. The van der Waals surface area contributed by atoms with Crippen molar-refractivity contribution in [2.75, 3.05) is 44.9 Å². The number of hydrazine groups is 1. The van der Waals surface area contributed by atoms with Gasteiger partial charge in [0, 0.05) is 72.9 Å². The maximum atomic E-state index is 16.0. The fourth-order valence-corrected chi connectivity index (χ4v) is 9.59. The van der Waals surface area contributed by atoms with E-state index in [1.807, 2.05) is 17.4 Å². The van der Waals surface area contributed by atoms with Crippen molar-refractivity contribution < 1.29 is 78.4 Å². The molecule has 4 aromatic rings. The first kappa shape index (κ1) is 59.5. The van der Waals surface area contributed by atoms with Crippen molar-refractivity contribution in [3.05, 3.63) is 101 Å². The van der Waals surface area contributed by atoms with Crippen LogP contribution in [-0.2, 0) is 32.0 Å². The van der Waals surface area contributed by atoms with Crippen molar-refractivity contribution in [1.82, 2.24) is 46.0 Å². The number of methoxy groups -OCH3 is 1. The van der Waals surface area contributed by atoms with Crippen LogP contribution in [-0.4, -0.2) is 154 Å². The Morgan fingerprint density at radius 1 is 0.810 bits per heavy atom. The van der Waals surface area contributed by atoms with Gasteiger partial charge in [-0.05, 0) is 88.4 Å². The predicted molar refractivity (Wildman–Crippen MR) is 265 cm³/mol. The topological polar surface area (TPSA) is 216 Å². The van der Waals surface area contributed by atoms with E-state index in [4.69, 9.17) is 4.74 Å². The molecule has 4 amide bonds. The smallest absolute Gasteiger partial charge is 0.407 e. The second-order valence-electron chi connectivity index (χ2n) is 20.7. The van der Waals surface area contributed by atoms with Crippen LogP contribution in [0.2, 0.25) is 0 Å². The maximum absolute atomic E-state index is 16.0. The predicted octanol–water partition coefficient (Wildman–Crippen LogP) is 6.39. The first-order valence-electron chi connectivity index (χ1n) is 24.9. The minimum absolute atomic E-state index is 0.0377. The Kier molecular flexibility index (Phi) is 18.1. The molecule has 3 aliphatic rings. The van der Waals surface area contributed by atoms with Crippen molar-refractivity contribution in [3.8, 4) is 23.0 Å². The Labute approximate surface area is 447 Å². The number of hydrogen-bond acceptors (Lipinski definition) is 12. The molecule has 3 aliphatic heterocycles. The van der Waals surface area contributed by atoms with Crippen molar-refractivity contribution in [3.63, 3.8) is 0 Å². The number of anilines is 1. The van der Waals surface area contributed by atoms with Crippen molar-refractivity contribution in [2.24, 2.45) is 10.8 Å². The van der Waals surface area contributed by atoms with Gasteiger partial charge >= 0.3 is 31.1 Å². The Bertz CT molecular complexity index is 2860. The number of alkyl carbamates (subject to hydrolysis) is 1. The summed E-state index contributed by atoms with van der Waals surface area (Å²) in [5, 5.41) is 31.5. The molecule has 2 bridgehead atoms. The van der Waals surface area contributed by atoms with Gasteiger partial charge in [-0.2, -0.15) is 40.2 Å². The first-order valence-corrected chi connectivity index (χ1v) is 24.9. The van der Waals surface area contributed by atoms with Crippen molar-refractivity contribution >= 4 is 29.8 Å². The fraction of sp³-hybridized carbons (Fsp3) is 0.500. The minimum atomic E-state index is -5.22. The number of ether oxygens (including phenoxy) is 2. The summed E-state index contributed by atoms with van der Waals surface area (Å²) in [7, 11) is 0.837. The molecule has 5 heterocycles. The Morgan fingerprint density at radius 2 is 1.42 bits per heavy atom. The number of carbonyl (C=O) groups is 4. The standard InChI is InChI=1S/C52H59F9N10O8/c1-49(2,51(56,57)58)42(66-48(77)78-5)44(73)64-39(18-30-9-6-29(7-10-30)8-11-31-12-17-41(62-20-31)68-24-35-15-16-36(25-68)71(35)37-27-79-28-37)40(72)26-69(67-45(74)43(65-47(75)76)50(3,4)52(59,60)61)22-33-14-13-32(19-38(33)53)34-21-63-70(23-34)46(54)55/h6-7,9-10,12-14,17,19-21,23,35-37,39-40,42-43,46,65,72H,15-16,18,22,24-28H2,1-5H3,(H,64,73)(H,66,77)(H,67,74)(H,75,76)/t35?,36?,39-,40-,42+,43+/m0/s1. The number of aliphatic hydroxyl groups is 1. The summed E-state index contributed by atoms with van der Waals surface area (Å²) in [5.74, 6) is 2.67. The number of nitrogens with zero attached hydrogens (tertiary/aromatic N) is 6. The van der Waals surface area contributed by atoms with Gasteiger partial charge < -0.3 is 40.5 Å². The van der Waals surface area contributed by atoms with E-state index in [9.17, 15) is 64.5 Å². The SMILES string of the molecule is COC(=O)N[C@H](C(=O)N[C@@H](Cc1ccc(C#Cc2ccc(N3CC4CCC(C3)N4C3COC3)nc2)cc1)[C@@H](O)CN(Cc1ccc(-c2cnn(C(F)F)c2)cc1F)NC(=O)[C@@H](NC(=O)O)C(C)(C)C(F)(F)F)C(C)(C)C(F)(F)F. The van der Waals surface area contributed by atoms with E-state index in [2.05, 4.69) is 47.2 Å². The van der Waals surface area contributed by atoms with Crippen molar-refractivity contribution in [2.45, 2.75) is 115 Å². The average molecular weight is 1120 g/mol. The quantitative estimate of drug-likeness (QED) is 0.0342. The zero-order chi connectivity index (χ0) is 57.8. The van der Waals surface area contributed by atoms with E-state index < -0.39 is 103 Å². The summed E-state index contributed by atoms with van der Waals surface area (Å²) in [6.07, 6.45) is -10.5. The third-order valence-corrected chi connectivity index (χ3v) is 14.6. The number of fused-ring (bicyclic) bond motifs is 2. The van der Waals surface area contributed by atoms with Crippen LogP contribution in [0.4, 0.5) is 54.9 Å². The highest BCUT2D eigenvalue weighted by molar-refractivity contribution is 5.87. The molecule has 27 heteroatoms. The molecule has 2 aromatic carbocycles. The molecule has 3 saturated heterocycles. The number of benzene rings is 2. The molecule has 0 radical (unpaired) electrons. The number of carboxylic acid groups (broad SMARTS) is 1. The summed E-state index contributed by atoms with van der Waals surface area (Å²) in [4.78, 5) is 61.6. The van der Waals surface area contributed by atoms with Crippen LogP contribution in [0, 0.1) is 28.5 Å². The Hall–Kier alpha value is -7.15. The van der Waals surface area contributed by atoms with Crippen LogP contribution in [0.3, 0.4) is 0 Å². The molecule has 2 aromatic heterocycles. The number of amides is 4. The van der Waals surface area contributed by atoms with E-state index in [1.54, 1.807) is 18.3 Å². The number of carbonyl (C=O) groups excluding carboxylic acids is 3. The molecule has 0 saturated carbocycles. The largest absolute Gasteiger partial charge is 0.465 e. The van der Waals surface area contributed by atoms with Crippen LogP contribution >= 0.6 is 0 Å². The van der Waals surface area contributed by atoms with Gasteiger partial charge in [-0.25, -0.2) is 28.7 Å². The van der Waals surface area contributed by atoms with Gasteiger partial charge in [0.05, 0.1) is 55.5 Å². The van der Waals surface area contributed by atoms with E-state index in [0.29, 0.717) is 72.2 Å². The van der Waals surface area contributed by atoms with E-state index in [1.165, 1.54) is 23.5 Å². The number of pyridine rings is 1. The Morgan fingerprint density at radius 3 is 1.94 bits per heavy atom. The minimum Gasteiger partial charge on any atom is -0.465 e. The molecule has 2 unspecified atom stereocenters. The van der Waals surface area contributed by atoms with E-state index in [0.717, 1.165) is 76.6 Å². The van der Waals surface area contributed by atoms with Crippen LogP contribution in [0.1, 0.15) is 69.3 Å². The maximum Gasteiger partial charge on any atom is 0.407 e. The summed E-state index contributed by atoms with van der Waals surface area (Å²) in [5.41, 5.74) is -2.88. The zero-order valence-electron chi connectivity index (χ0n) is 43.3. The molecule has 79 heavy (non-hydrogen) atoms. The second-order valence-corrected chi connectivity index (χ2v) is 20.7. The molecule has 7 rings (SSSR count). The molecule has 0 aliphatic carbocycles. The van der Waals surface area contributed by atoms with Gasteiger partial charge in [0.15, 0.2) is 0 Å². The molecule has 6 N–H and O–H groups in total. The Balaban J connectivity index is 1.16. The number of aromatic nitrogens is 3. The van der Waals surface area contributed by atoms with Gasteiger partial charge in [0.2, 0.25) is 5.91 Å². The molecule has 18 nitrogen and oxygen atoms in total. The van der Waals surface area contributed by atoms with Gasteiger partial charge in [0.25, 0.3) is 5.91 Å². The van der Waals surface area contributed by atoms with Gasteiger partial charge in [-0.15, -0.1) is 0 Å². The van der Waals surface area contributed by atoms with Gasteiger partial charge in [-0.3, -0.25) is 19.9 Å². The van der Waals surface area contributed by atoms with Gasteiger partial charge in [0.1, 0.15) is 23.7 Å². The van der Waals surface area contributed by atoms with Crippen LogP contribution < -0.4 is 26.3 Å². The highest BCUT2D eigenvalue weighted by Crippen LogP contribution is 2.42. The first-order chi connectivity index (χ1) is 37.1. The second kappa shape index (κ2) is 24.1. The molecule has 428 valence electrons. The van der Waals surface area contributed by atoms with Crippen LogP contribution in [0.15, 0.2) is 73.2 Å². The molecule has 0 spiro atoms. The number of aliphatic hydroxyl groups excluding tert-OH is 1. The monoisotopic (exact) mass is 1120 g/mol. The summed E-state index contributed by atoms with van der Waals surface area (Å²) < 4.78 is 139. The lowest BCUT2D eigenvalue weighted by Crippen LogP contribution is -2.63. The number of halogens is 9. The van der Waals surface area contributed by atoms with Crippen LogP contribution in [0.5, 0.6) is 0 Å². The number of piperazine rings is 1. The lowest BCUT2D eigenvalue weighted by Gasteiger charge is -2.47.